The van der Waals surface area contributed by atoms with Crippen molar-refractivity contribution in [1.82, 2.24) is 5.32 Å². The summed E-state index contributed by atoms with van der Waals surface area (Å²) in [6.07, 6.45) is 7.09. The fourth-order valence-corrected chi connectivity index (χ4v) is 4.14. The van der Waals surface area contributed by atoms with E-state index in [2.05, 4.69) is 24.4 Å². The van der Waals surface area contributed by atoms with E-state index >= 15 is 0 Å². The van der Waals surface area contributed by atoms with Crippen molar-refractivity contribution in [2.24, 2.45) is 5.41 Å². The molecular formula is C16H22ClN. The summed E-state index contributed by atoms with van der Waals surface area (Å²) in [5.41, 5.74) is 2.56. The van der Waals surface area contributed by atoms with Crippen molar-refractivity contribution in [2.75, 3.05) is 13.1 Å². The van der Waals surface area contributed by atoms with Crippen molar-refractivity contribution in [3.8, 4) is 0 Å². The van der Waals surface area contributed by atoms with Gasteiger partial charge in [-0.15, -0.1) is 0 Å². The van der Waals surface area contributed by atoms with E-state index in [1.807, 2.05) is 12.1 Å². The van der Waals surface area contributed by atoms with Crippen LogP contribution in [0.4, 0.5) is 0 Å². The van der Waals surface area contributed by atoms with Gasteiger partial charge in [-0.25, -0.2) is 0 Å². The van der Waals surface area contributed by atoms with E-state index in [0.717, 1.165) is 18.1 Å². The van der Waals surface area contributed by atoms with Crippen LogP contribution in [0, 0.1) is 5.41 Å². The molecule has 2 fully saturated rings. The molecule has 0 amide bonds. The first kappa shape index (κ1) is 12.5. The predicted molar refractivity (Wildman–Crippen MR) is 77.2 cm³/mol. The highest BCUT2D eigenvalue weighted by molar-refractivity contribution is 6.30. The van der Waals surface area contributed by atoms with Gasteiger partial charge in [0.05, 0.1) is 0 Å². The molecule has 3 rings (SSSR count). The molecule has 0 heterocycles. The lowest BCUT2D eigenvalue weighted by Crippen LogP contribution is -2.57. The van der Waals surface area contributed by atoms with E-state index in [0.29, 0.717) is 10.8 Å². The van der Waals surface area contributed by atoms with Gasteiger partial charge in [0.1, 0.15) is 0 Å². The molecule has 1 spiro atoms. The van der Waals surface area contributed by atoms with Gasteiger partial charge in [-0.2, -0.15) is 0 Å². The first-order valence-electron chi connectivity index (χ1n) is 7.15. The number of likely N-dealkylation sites (N-methyl/N-ethyl adjacent to an activating group) is 1. The quantitative estimate of drug-likeness (QED) is 0.861. The largest absolute Gasteiger partial charge is 0.316 e. The Morgan fingerprint density at radius 1 is 1.17 bits per heavy atom. The van der Waals surface area contributed by atoms with E-state index in [1.165, 1.54) is 37.7 Å². The summed E-state index contributed by atoms with van der Waals surface area (Å²) in [5.74, 6) is 0. The summed E-state index contributed by atoms with van der Waals surface area (Å²) in [4.78, 5) is 0. The summed E-state index contributed by atoms with van der Waals surface area (Å²) in [6, 6.07) is 8.53. The predicted octanol–water partition coefficient (Wildman–Crippen LogP) is 4.15. The third kappa shape index (κ3) is 1.98. The van der Waals surface area contributed by atoms with E-state index in [4.69, 9.17) is 11.6 Å². The summed E-state index contributed by atoms with van der Waals surface area (Å²) in [5, 5.41) is 4.40. The molecule has 2 aliphatic carbocycles. The average Bonchev–Trinajstić information content (AvgIpc) is 2.27. The van der Waals surface area contributed by atoms with Gasteiger partial charge in [0, 0.05) is 17.0 Å². The Labute approximate surface area is 115 Å². The van der Waals surface area contributed by atoms with E-state index in [-0.39, 0.29) is 0 Å². The lowest BCUT2D eigenvalue weighted by Gasteiger charge is -2.61. The smallest absolute Gasteiger partial charge is 0.0406 e. The molecular weight excluding hydrogens is 242 g/mol. The lowest BCUT2D eigenvalue weighted by atomic mass is 9.44. The van der Waals surface area contributed by atoms with E-state index in [9.17, 15) is 0 Å². The van der Waals surface area contributed by atoms with E-state index < -0.39 is 0 Å². The van der Waals surface area contributed by atoms with Crippen LogP contribution in [0.3, 0.4) is 0 Å². The van der Waals surface area contributed by atoms with Gasteiger partial charge in [-0.3, -0.25) is 0 Å². The Hall–Kier alpha value is -0.530. The van der Waals surface area contributed by atoms with Crippen LogP contribution >= 0.6 is 11.6 Å². The topological polar surface area (TPSA) is 12.0 Å². The lowest BCUT2D eigenvalue weighted by molar-refractivity contribution is -0.0480. The van der Waals surface area contributed by atoms with Crippen LogP contribution < -0.4 is 5.32 Å². The molecule has 0 aliphatic heterocycles. The summed E-state index contributed by atoms with van der Waals surface area (Å²) < 4.78 is 0. The Kier molecular flexibility index (Phi) is 3.15. The Balaban J connectivity index is 1.80. The van der Waals surface area contributed by atoms with Crippen molar-refractivity contribution in [3.05, 3.63) is 34.9 Å². The Morgan fingerprint density at radius 2 is 1.83 bits per heavy atom. The Bertz CT molecular complexity index is 411. The van der Waals surface area contributed by atoms with Gasteiger partial charge < -0.3 is 5.32 Å². The van der Waals surface area contributed by atoms with Gasteiger partial charge in [0.25, 0.3) is 0 Å². The van der Waals surface area contributed by atoms with Crippen molar-refractivity contribution in [1.29, 1.82) is 0 Å². The van der Waals surface area contributed by atoms with Crippen LogP contribution in [-0.4, -0.2) is 13.1 Å². The molecule has 0 saturated heterocycles. The first-order chi connectivity index (χ1) is 8.68. The number of rotatable bonds is 4. The van der Waals surface area contributed by atoms with Crippen molar-refractivity contribution in [2.45, 2.75) is 44.4 Å². The van der Waals surface area contributed by atoms with Gasteiger partial charge in [0.15, 0.2) is 0 Å². The second-order valence-electron chi connectivity index (χ2n) is 6.27. The Morgan fingerprint density at radius 3 is 2.33 bits per heavy atom. The zero-order valence-corrected chi connectivity index (χ0v) is 11.9. The zero-order valence-electron chi connectivity index (χ0n) is 11.1. The van der Waals surface area contributed by atoms with E-state index in [1.54, 1.807) is 0 Å². The fourth-order valence-electron chi connectivity index (χ4n) is 4.01. The molecule has 0 radical (unpaired) electrons. The van der Waals surface area contributed by atoms with Crippen LogP contribution in [0.5, 0.6) is 0 Å². The average molecular weight is 264 g/mol. The van der Waals surface area contributed by atoms with Crippen LogP contribution in [0.2, 0.25) is 5.02 Å². The molecule has 1 aromatic rings. The van der Waals surface area contributed by atoms with Crippen LogP contribution in [-0.2, 0) is 5.41 Å². The SMILES string of the molecule is CCNCC1(c2ccc(Cl)cc2)CC2(CCC2)C1. The number of nitrogens with one attached hydrogen (secondary N) is 1. The summed E-state index contributed by atoms with van der Waals surface area (Å²) in [7, 11) is 0. The maximum Gasteiger partial charge on any atom is 0.0406 e. The molecule has 18 heavy (non-hydrogen) atoms. The molecule has 1 aromatic carbocycles. The number of hydrogen-bond acceptors (Lipinski definition) is 1. The highest BCUT2D eigenvalue weighted by Gasteiger charge is 2.57. The molecule has 0 atom stereocenters. The van der Waals surface area contributed by atoms with Crippen molar-refractivity contribution >= 4 is 11.6 Å². The van der Waals surface area contributed by atoms with Crippen LogP contribution in [0.25, 0.3) is 0 Å². The maximum atomic E-state index is 6.01. The number of benzene rings is 1. The third-order valence-corrected chi connectivity index (χ3v) is 5.26. The highest BCUT2D eigenvalue weighted by Crippen LogP contribution is 2.64. The van der Waals surface area contributed by atoms with Gasteiger partial charge in [-0.1, -0.05) is 37.1 Å². The summed E-state index contributed by atoms with van der Waals surface area (Å²) >= 11 is 6.01. The molecule has 2 aliphatic rings. The fraction of sp³-hybridized carbons (Fsp3) is 0.625. The second kappa shape index (κ2) is 4.54. The van der Waals surface area contributed by atoms with Crippen LogP contribution in [0.1, 0.15) is 44.6 Å². The van der Waals surface area contributed by atoms with Gasteiger partial charge >= 0.3 is 0 Å². The zero-order chi connectivity index (χ0) is 12.6. The molecule has 0 unspecified atom stereocenters. The standard InChI is InChI=1S/C16H22ClN/c1-2-18-12-16(10-15(11-16)8-3-9-15)13-4-6-14(17)7-5-13/h4-7,18H,2-3,8-12H2,1H3. The normalized spacial score (nSPS) is 23.4. The maximum absolute atomic E-state index is 6.01. The molecule has 2 saturated carbocycles. The van der Waals surface area contributed by atoms with Crippen molar-refractivity contribution in [3.63, 3.8) is 0 Å². The van der Waals surface area contributed by atoms with Crippen molar-refractivity contribution < 1.29 is 0 Å². The first-order valence-corrected chi connectivity index (χ1v) is 7.53. The van der Waals surface area contributed by atoms with Gasteiger partial charge in [0.2, 0.25) is 0 Å². The molecule has 0 bridgehead atoms. The molecule has 1 N–H and O–H groups in total. The minimum atomic E-state index is 0.376. The molecule has 0 aromatic heterocycles. The minimum absolute atomic E-state index is 0.376. The summed E-state index contributed by atoms with van der Waals surface area (Å²) in [6.45, 7) is 4.36. The minimum Gasteiger partial charge on any atom is -0.316 e. The monoisotopic (exact) mass is 263 g/mol. The number of halogens is 1. The third-order valence-electron chi connectivity index (χ3n) is 5.01. The molecule has 2 heteroatoms. The highest BCUT2D eigenvalue weighted by atomic mass is 35.5. The van der Waals surface area contributed by atoms with Crippen LogP contribution in [0.15, 0.2) is 24.3 Å². The second-order valence-corrected chi connectivity index (χ2v) is 6.71. The molecule has 98 valence electrons. The number of hydrogen-bond donors (Lipinski definition) is 1. The van der Waals surface area contributed by atoms with Gasteiger partial charge in [-0.05, 0) is 55.3 Å². The molecule has 1 nitrogen and oxygen atoms in total.